The second kappa shape index (κ2) is 10.0. The molecule has 2 aromatic rings. The number of unbranched alkanes of at least 4 members (excludes halogenated alkanes) is 3. The van der Waals surface area contributed by atoms with E-state index in [1.165, 1.54) is 30.4 Å². The lowest BCUT2D eigenvalue weighted by Gasteiger charge is -2.08. The molecule has 117 valence electrons. The van der Waals surface area contributed by atoms with E-state index in [4.69, 9.17) is 9.47 Å². The molecule has 1 radical (unpaired) electrons. The van der Waals surface area contributed by atoms with E-state index in [1.807, 2.05) is 24.3 Å². The zero-order chi connectivity index (χ0) is 15.5. The fraction of sp³-hybridized carbons (Fsp3) is 0.400. The first-order valence-electron chi connectivity index (χ1n) is 8.17. The molecule has 0 unspecified atom stereocenters. The lowest BCUT2D eigenvalue weighted by Crippen LogP contribution is -2.07. The Balaban J connectivity index is 1.65. The molecule has 0 N–H and O–H groups in total. The Labute approximate surface area is 134 Å². The minimum absolute atomic E-state index is 0.605. The topological polar surface area (TPSA) is 18.5 Å². The van der Waals surface area contributed by atoms with Crippen molar-refractivity contribution in [3.05, 3.63) is 54.6 Å². The average molecular weight is 297 g/mol. The van der Waals surface area contributed by atoms with E-state index < -0.39 is 0 Å². The van der Waals surface area contributed by atoms with Crippen LogP contribution in [0.1, 0.15) is 32.6 Å². The van der Waals surface area contributed by atoms with E-state index >= 15 is 0 Å². The van der Waals surface area contributed by atoms with Crippen LogP contribution in [0.5, 0.6) is 5.75 Å². The molecule has 0 saturated carbocycles. The zero-order valence-electron chi connectivity index (χ0n) is 13.4. The van der Waals surface area contributed by atoms with Crippen molar-refractivity contribution in [2.75, 3.05) is 19.8 Å². The fourth-order valence-corrected chi connectivity index (χ4v) is 2.27. The molecule has 0 heterocycles. The highest BCUT2D eigenvalue weighted by molar-refractivity contribution is 5.63. The van der Waals surface area contributed by atoms with Gasteiger partial charge in [0.2, 0.25) is 0 Å². The van der Waals surface area contributed by atoms with E-state index in [-0.39, 0.29) is 0 Å². The molecule has 0 saturated heterocycles. The highest BCUT2D eigenvalue weighted by Crippen LogP contribution is 2.21. The lowest BCUT2D eigenvalue weighted by atomic mass is 10.1. The van der Waals surface area contributed by atoms with Crippen LogP contribution in [0.2, 0.25) is 0 Å². The Morgan fingerprint density at radius 2 is 1.50 bits per heavy atom. The van der Waals surface area contributed by atoms with Crippen molar-refractivity contribution in [1.29, 1.82) is 0 Å². The van der Waals surface area contributed by atoms with Crippen molar-refractivity contribution in [2.45, 2.75) is 32.6 Å². The van der Waals surface area contributed by atoms with Crippen molar-refractivity contribution in [1.82, 2.24) is 0 Å². The van der Waals surface area contributed by atoms with Crippen molar-refractivity contribution >= 4 is 0 Å². The normalized spacial score (nSPS) is 10.6. The fourth-order valence-electron chi connectivity index (χ4n) is 2.27. The zero-order valence-corrected chi connectivity index (χ0v) is 13.4. The maximum Gasteiger partial charge on any atom is 0.119 e. The largest absolute Gasteiger partial charge is 0.491 e. The van der Waals surface area contributed by atoms with E-state index in [2.05, 4.69) is 37.3 Å². The summed E-state index contributed by atoms with van der Waals surface area (Å²) in [7, 11) is 0. The van der Waals surface area contributed by atoms with Crippen LogP contribution in [-0.2, 0) is 4.74 Å². The quantitative estimate of drug-likeness (QED) is 0.566. The molecule has 2 heteroatoms. The summed E-state index contributed by atoms with van der Waals surface area (Å²) in [6.07, 6.45) is 4.97. The van der Waals surface area contributed by atoms with Crippen LogP contribution >= 0.6 is 0 Å². The summed E-state index contributed by atoms with van der Waals surface area (Å²) in [5.74, 6) is 0.890. The van der Waals surface area contributed by atoms with Gasteiger partial charge in [-0.05, 0) is 35.7 Å². The molecule has 2 aromatic carbocycles. The summed E-state index contributed by atoms with van der Waals surface area (Å²) >= 11 is 0. The van der Waals surface area contributed by atoms with Gasteiger partial charge in [-0.3, -0.25) is 0 Å². The minimum atomic E-state index is 0.605. The molecule has 0 spiro atoms. The molecule has 0 aliphatic carbocycles. The summed E-state index contributed by atoms with van der Waals surface area (Å²) < 4.78 is 11.3. The van der Waals surface area contributed by atoms with Gasteiger partial charge in [-0.25, -0.2) is 0 Å². The first-order valence-corrected chi connectivity index (χ1v) is 8.17. The third kappa shape index (κ3) is 5.90. The van der Waals surface area contributed by atoms with Crippen molar-refractivity contribution in [3.8, 4) is 16.9 Å². The first kappa shape index (κ1) is 16.6. The van der Waals surface area contributed by atoms with Crippen molar-refractivity contribution < 1.29 is 9.47 Å². The number of hydrogen-bond acceptors (Lipinski definition) is 2. The second-order valence-electron chi connectivity index (χ2n) is 5.33. The van der Waals surface area contributed by atoms with Crippen LogP contribution < -0.4 is 4.74 Å². The van der Waals surface area contributed by atoms with Crippen molar-refractivity contribution in [2.24, 2.45) is 0 Å². The molecular formula is C20H25O2. The van der Waals surface area contributed by atoms with E-state index in [0.717, 1.165) is 18.8 Å². The van der Waals surface area contributed by atoms with Gasteiger partial charge in [0.15, 0.2) is 0 Å². The second-order valence-corrected chi connectivity index (χ2v) is 5.33. The maximum atomic E-state index is 5.69. The lowest BCUT2D eigenvalue weighted by molar-refractivity contribution is 0.0971. The minimum Gasteiger partial charge on any atom is -0.491 e. The number of benzene rings is 2. The maximum absolute atomic E-state index is 5.69. The number of rotatable bonds is 10. The van der Waals surface area contributed by atoms with Gasteiger partial charge in [0.05, 0.1) is 6.61 Å². The van der Waals surface area contributed by atoms with Crippen LogP contribution in [0.3, 0.4) is 0 Å². The van der Waals surface area contributed by atoms with Crippen molar-refractivity contribution in [3.63, 3.8) is 0 Å². The Bertz CT molecular complexity index is 505. The molecule has 0 atom stereocenters. The summed E-state index contributed by atoms with van der Waals surface area (Å²) in [6.45, 7) is 4.32. The molecule has 0 bridgehead atoms. The van der Waals surface area contributed by atoms with Gasteiger partial charge >= 0.3 is 0 Å². The van der Waals surface area contributed by atoms with Gasteiger partial charge in [0.25, 0.3) is 0 Å². The summed E-state index contributed by atoms with van der Waals surface area (Å²) in [6, 6.07) is 19.2. The smallest absolute Gasteiger partial charge is 0.119 e. The molecule has 2 nitrogen and oxygen atoms in total. The molecule has 0 aliphatic rings. The predicted octanol–water partition coefficient (Wildman–Crippen LogP) is 5.13. The molecule has 0 amide bonds. The van der Waals surface area contributed by atoms with E-state index in [0.29, 0.717) is 13.2 Å². The van der Waals surface area contributed by atoms with Crippen LogP contribution in [0.15, 0.2) is 48.5 Å². The summed E-state index contributed by atoms with van der Waals surface area (Å²) in [4.78, 5) is 0. The van der Waals surface area contributed by atoms with Gasteiger partial charge in [0, 0.05) is 6.61 Å². The molecule has 2 rings (SSSR count). The van der Waals surface area contributed by atoms with Gasteiger partial charge < -0.3 is 9.47 Å². The third-order valence-electron chi connectivity index (χ3n) is 3.54. The Morgan fingerprint density at radius 1 is 0.773 bits per heavy atom. The molecule has 0 fully saturated rings. The van der Waals surface area contributed by atoms with Crippen LogP contribution in [-0.4, -0.2) is 19.8 Å². The summed E-state index contributed by atoms with van der Waals surface area (Å²) in [5.41, 5.74) is 2.38. The van der Waals surface area contributed by atoms with Gasteiger partial charge in [-0.1, -0.05) is 62.6 Å². The average Bonchev–Trinajstić information content (AvgIpc) is 2.59. The standard InChI is InChI=1S/C20H25O2/c1-2-3-4-8-15-21-16-17-22-20-13-11-19(12-14-20)18-9-6-5-7-10-18/h6-7,9-14H,2-4,8,15-17H2,1H3. The number of ether oxygens (including phenoxy) is 2. The third-order valence-corrected chi connectivity index (χ3v) is 3.54. The Morgan fingerprint density at radius 3 is 2.23 bits per heavy atom. The number of hydrogen-bond donors (Lipinski definition) is 0. The van der Waals surface area contributed by atoms with Crippen LogP contribution in [0.4, 0.5) is 0 Å². The van der Waals surface area contributed by atoms with Gasteiger partial charge in [0.1, 0.15) is 12.4 Å². The Kier molecular flexibility index (Phi) is 7.54. The first-order chi connectivity index (χ1) is 10.9. The van der Waals surface area contributed by atoms with Crippen LogP contribution in [0.25, 0.3) is 11.1 Å². The van der Waals surface area contributed by atoms with Gasteiger partial charge in [-0.15, -0.1) is 0 Å². The van der Waals surface area contributed by atoms with Crippen LogP contribution in [0, 0.1) is 6.07 Å². The monoisotopic (exact) mass is 297 g/mol. The Hall–Kier alpha value is -1.80. The highest BCUT2D eigenvalue weighted by Gasteiger charge is 1.98. The SMILES string of the molecule is CCCCCCOCCOc1ccc(-c2cc[c]cc2)cc1. The highest BCUT2D eigenvalue weighted by atomic mass is 16.5. The van der Waals surface area contributed by atoms with E-state index in [1.54, 1.807) is 0 Å². The molecule has 22 heavy (non-hydrogen) atoms. The van der Waals surface area contributed by atoms with Gasteiger partial charge in [-0.2, -0.15) is 0 Å². The molecular weight excluding hydrogens is 272 g/mol. The predicted molar refractivity (Wildman–Crippen MR) is 91.2 cm³/mol. The van der Waals surface area contributed by atoms with E-state index in [9.17, 15) is 0 Å². The molecule has 0 aromatic heterocycles. The summed E-state index contributed by atoms with van der Waals surface area (Å²) in [5, 5.41) is 0. The molecule has 0 aliphatic heterocycles.